The second-order valence-corrected chi connectivity index (χ2v) is 7.06. The van der Waals surface area contributed by atoms with Gasteiger partial charge in [-0.1, -0.05) is 48.5 Å². The predicted octanol–water partition coefficient (Wildman–Crippen LogP) is 5.23. The second kappa shape index (κ2) is 9.31. The molecule has 1 aromatic heterocycles. The number of methoxy groups -OCH3 is 1. The highest BCUT2D eigenvalue weighted by atomic mass is 16.6. The van der Waals surface area contributed by atoms with Gasteiger partial charge in [0.05, 0.1) is 29.0 Å². The highest BCUT2D eigenvalue weighted by molar-refractivity contribution is 5.98. The number of esters is 1. The van der Waals surface area contributed by atoms with E-state index in [0.29, 0.717) is 12.2 Å². The van der Waals surface area contributed by atoms with Crippen molar-refractivity contribution in [2.45, 2.75) is 6.92 Å². The van der Waals surface area contributed by atoms with Gasteiger partial charge in [0.15, 0.2) is 0 Å². The summed E-state index contributed by atoms with van der Waals surface area (Å²) in [7, 11) is 1.27. The van der Waals surface area contributed by atoms with Crippen LogP contribution in [0.4, 0.5) is 28.7 Å². The molecule has 1 heterocycles. The number of hydrogen-bond acceptors (Lipinski definition) is 8. The minimum atomic E-state index is -0.569. The first kappa shape index (κ1) is 21.7. The Morgan fingerprint density at radius 3 is 2.55 bits per heavy atom. The first-order valence-electron chi connectivity index (χ1n) is 10.2. The van der Waals surface area contributed by atoms with Crippen molar-refractivity contribution in [2.24, 2.45) is 0 Å². The normalized spacial score (nSPS) is 10.6. The van der Waals surface area contributed by atoms with E-state index in [1.165, 1.54) is 13.4 Å². The van der Waals surface area contributed by atoms with Gasteiger partial charge in [0.1, 0.15) is 6.33 Å². The molecule has 1 N–H and O–H groups in total. The number of nitrogens with one attached hydrogen (secondary N) is 1. The summed E-state index contributed by atoms with van der Waals surface area (Å²) in [4.78, 5) is 34.0. The molecule has 0 aliphatic carbocycles. The molecule has 0 spiro atoms. The Morgan fingerprint density at radius 2 is 1.79 bits per heavy atom. The van der Waals surface area contributed by atoms with Crippen molar-refractivity contribution in [3.63, 3.8) is 0 Å². The molecule has 9 heteroatoms. The smallest absolute Gasteiger partial charge is 0.354 e. The van der Waals surface area contributed by atoms with Crippen molar-refractivity contribution in [1.82, 2.24) is 9.97 Å². The lowest BCUT2D eigenvalue weighted by Crippen LogP contribution is -2.20. The molecule has 4 rings (SSSR count). The fourth-order valence-corrected chi connectivity index (χ4v) is 3.71. The Balaban J connectivity index is 1.85. The summed E-state index contributed by atoms with van der Waals surface area (Å²) in [6.07, 6.45) is 1.26. The zero-order chi connectivity index (χ0) is 23.4. The van der Waals surface area contributed by atoms with Gasteiger partial charge in [-0.15, -0.1) is 0 Å². The summed E-state index contributed by atoms with van der Waals surface area (Å²) in [6.45, 7) is 2.33. The maximum absolute atomic E-state index is 12.2. The van der Waals surface area contributed by atoms with Gasteiger partial charge < -0.3 is 15.0 Å². The number of rotatable bonds is 7. The number of benzene rings is 3. The van der Waals surface area contributed by atoms with Crippen LogP contribution in [0.15, 0.2) is 73.1 Å². The molecule has 0 atom stereocenters. The molecular weight excluding hydrogens is 422 g/mol. The van der Waals surface area contributed by atoms with Crippen LogP contribution in [0.3, 0.4) is 0 Å². The second-order valence-electron chi connectivity index (χ2n) is 7.06. The number of para-hydroxylation sites is 1. The highest BCUT2D eigenvalue weighted by Gasteiger charge is 2.29. The molecule has 9 nitrogen and oxygen atoms in total. The van der Waals surface area contributed by atoms with Gasteiger partial charge >= 0.3 is 11.7 Å². The first-order chi connectivity index (χ1) is 16.0. The Labute approximate surface area is 189 Å². The van der Waals surface area contributed by atoms with E-state index in [1.54, 1.807) is 29.2 Å². The number of anilines is 4. The van der Waals surface area contributed by atoms with Gasteiger partial charge in [-0.3, -0.25) is 10.1 Å². The van der Waals surface area contributed by atoms with E-state index in [9.17, 15) is 14.9 Å². The summed E-state index contributed by atoms with van der Waals surface area (Å²) < 4.78 is 4.82. The molecule has 4 aromatic rings. The average Bonchev–Trinajstić information content (AvgIpc) is 2.84. The molecule has 0 unspecified atom stereocenters. The molecule has 0 saturated carbocycles. The van der Waals surface area contributed by atoms with Gasteiger partial charge in [-0.25, -0.2) is 14.8 Å². The number of carbonyl (C=O) groups excluding carboxylic acids is 1. The molecule has 0 aliphatic rings. The molecule has 0 bridgehead atoms. The number of fused-ring (bicyclic) bond motifs is 1. The Kier molecular flexibility index (Phi) is 6.12. The Bertz CT molecular complexity index is 1340. The van der Waals surface area contributed by atoms with Crippen LogP contribution in [0.25, 0.3) is 10.8 Å². The van der Waals surface area contributed by atoms with Crippen LogP contribution in [0.1, 0.15) is 17.3 Å². The summed E-state index contributed by atoms with van der Waals surface area (Å²) >= 11 is 0. The molecule has 33 heavy (non-hydrogen) atoms. The van der Waals surface area contributed by atoms with Crippen molar-refractivity contribution in [3.8, 4) is 0 Å². The van der Waals surface area contributed by atoms with Crippen LogP contribution in [0.2, 0.25) is 0 Å². The van der Waals surface area contributed by atoms with E-state index >= 15 is 0 Å². The van der Waals surface area contributed by atoms with E-state index < -0.39 is 10.9 Å². The summed E-state index contributed by atoms with van der Waals surface area (Å²) in [6, 6.07) is 20.2. The van der Waals surface area contributed by atoms with E-state index in [0.717, 1.165) is 16.5 Å². The minimum absolute atomic E-state index is 0.0277. The van der Waals surface area contributed by atoms with Gasteiger partial charge in [0.25, 0.3) is 0 Å². The Hall–Kier alpha value is -4.53. The average molecular weight is 443 g/mol. The van der Waals surface area contributed by atoms with Crippen LogP contribution in [0, 0.1) is 10.1 Å². The van der Waals surface area contributed by atoms with E-state index in [-0.39, 0.29) is 22.9 Å². The fraction of sp³-hybridized carbons (Fsp3) is 0.125. The SMILES string of the molecule is CCN(c1ncnc(Nc2ccccc2C(=O)OC)c1[N+](=O)[O-])c1cccc2ccccc12. The van der Waals surface area contributed by atoms with Gasteiger partial charge in [-0.2, -0.15) is 0 Å². The van der Waals surface area contributed by atoms with Crippen LogP contribution < -0.4 is 10.2 Å². The summed E-state index contributed by atoms with van der Waals surface area (Å²) in [5.41, 5.74) is 1.06. The van der Waals surface area contributed by atoms with Crippen LogP contribution >= 0.6 is 0 Å². The van der Waals surface area contributed by atoms with E-state index in [4.69, 9.17) is 4.74 Å². The summed E-state index contributed by atoms with van der Waals surface area (Å²) in [5, 5.41) is 17.1. The maximum atomic E-state index is 12.2. The number of ether oxygens (including phenoxy) is 1. The van der Waals surface area contributed by atoms with Crippen molar-refractivity contribution in [2.75, 3.05) is 23.9 Å². The van der Waals surface area contributed by atoms with Gasteiger partial charge in [0.2, 0.25) is 11.6 Å². The topological polar surface area (TPSA) is 110 Å². The first-order valence-corrected chi connectivity index (χ1v) is 10.2. The maximum Gasteiger partial charge on any atom is 0.354 e. The molecule has 0 aliphatic heterocycles. The molecule has 0 radical (unpaired) electrons. The molecular formula is C24H21N5O4. The largest absolute Gasteiger partial charge is 0.465 e. The zero-order valence-electron chi connectivity index (χ0n) is 18.1. The van der Waals surface area contributed by atoms with E-state index in [1.807, 2.05) is 49.4 Å². The monoisotopic (exact) mass is 443 g/mol. The predicted molar refractivity (Wildman–Crippen MR) is 126 cm³/mol. The molecule has 0 amide bonds. The highest BCUT2D eigenvalue weighted by Crippen LogP contribution is 2.39. The van der Waals surface area contributed by atoms with Gasteiger partial charge in [0, 0.05) is 11.9 Å². The third-order valence-corrected chi connectivity index (χ3v) is 5.20. The summed E-state index contributed by atoms with van der Waals surface area (Å²) in [5.74, 6) is -0.451. The van der Waals surface area contributed by atoms with Crippen LogP contribution in [-0.4, -0.2) is 34.5 Å². The molecule has 0 saturated heterocycles. The fourth-order valence-electron chi connectivity index (χ4n) is 3.71. The number of nitrogens with zero attached hydrogens (tertiary/aromatic N) is 4. The lowest BCUT2D eigenvalue weighted by Gasteiger charge is -2.24. The van der Waals surface area contributed by atoms with Crippen molar-refractivity contribution < 1.29 is 14.5 Å². The Morgan fingerprint density at radius 1 is 1.06 bits per heavy atom. The molecule has 166 valence electrons. The molecule has 3 aromatic carbocycles. The third-order valence-electron chi connectivity index (χ3n) is 5.20. The van der Waals surface area contributed by atoms with Crippen molar-refractivity contribution >= 4 is 45.4 Å². The number of hydrogen-bond donors (Lipinski definition) is 1. The van der Waals surface area contributed by atoms with Gasteiger partial charge in [-0.05, 0) is 30.5 Å². The molecule has 0 fully saturated rings. The third kappa shape index (κ3) is 4.16. The minimum Gasteiger partial charge on any atom is -0.465 e. The van der Waals surface area contributed by atoms with Crippen LogP contribution in [0.5, 0.6) is 0 Å². The van der Waals surface area contributed by atoms with Crippen molar-refractivity contribution in [1.29, 1.82) is 0 Å². The lowest BCUT2D eigenvalue weighted by atomic mass is 10.1. The zero-order valence-corrected chi connectivity index (χ0v) is 18.1. The van der Waals surface area contributed by atoms with E-state index in [2.05, 4.69) is 15.3 Å². The van der Waals surface area contributed by atoms with Crippen molar-refractivity contribution in [3.05, 3.63) is 88.7 Å². The lowest BCUT2D eigenvalue weighted by molar-refractivity contribution is -0.383. The number of carbonyl (C=O) groups is 1. The van der Waals surface area contributed by atoms with Crippen LogP contribution in [-0.2, 0) is 4.74 Å². The quantitative estimate of drug-likeness (QED) is 0.235. The number of aromatic nitrogens is 2. The standard InChI is InChI=1S/C24H21N5O4/c1-3-28(20-14-8-10-16-9-4-5-11-17(16)20)23-21(29(31)32)22(25-15-26-23)27-19-13-7-6-12-18(19)24(30)33-2/h4-15H,3H2,1-2H3,(H,25,26,27). The number of nitro groups is 1.